The Bertz CT molecular complexity index is 1650. The summed E-state index contributed by atoms with van der Waals surface area (Å²) < 4.78 is 39.1. The summed E-state index contributed by atoms with van der Waals surface area (Å²) in [5.74, 6) is -1.69. The maximum atomic E-state index is 12.8. The van der Waals surface area contributed by atoms with E-state index in [9.17, 15) is 28.3 Å². The summed E-state index contributed by atoms with van der Waals surface area (Å²) in [7, 11) is 0. The lowest BCUT2D eigenvalue weighted by Gasteiger charge is -2.36. The molecule has 1 saturated heterocycles. The average molecular weight is 627 g/mol. The van der Waals surface area contributed by atoms with Crippen molar-refractivity contribution in [1.82, 2.24) is 19.5 Å². The Kier molecular flexibility index (Phi) is 10.6. The van der Waals surface area contributed by atoms with E-state index in [-0.39, 0.29) is 12.5 Å². The Morgan fingerprint density at radius 1 is 1.07 bits per heavy atom. The summed E-state index contributed by atoms with van der Waals surface area (Å²) in [4.78, 5) is 30.1. The van der Waals surface area contributed by atoms with E-state index in [0.29, 0.717) is 61.6 Å². The van der Waals surface area contributed by atoms with Crippen LogP contribution in [0.1, 0.15) is 23.7 Å². The molecule has 236 valence electrons. The minimum atomic E-state index is -5.08. The monoisotopic (exact) mass is 626 g/mol. The lowest BCUT2D eigenvalue weighted by molar-refractivity contribution is -0.192. The number of ether oxygens (including phenoxy) is 1. The molecular formula is C30H29F3N6O6. The predicted molar refractivity (Wildman–Crippen MR) is 154 cm³/mol. The normalized spacial score (nSPS) is 13.9. The van der Waals surface area contributed by atoms with E-state index in [4.69, 9.17) is 19.7 Å². The van der Waals surface area contributed by atoms with Crippen LogP contribution in [-0.4, -0.2) is 92.3 Å². The third kappa shape index (κ3) is 8.05. The third-order valence-corrected chi connectivity index (χ3v) is 6.84. The lowest BCUT2D eigenvalue weighted by Crippen LogP contribution is -2.50. The molecule has 1 fully saturated rings. The van der Waals surface area contributed by atoms with Crippen molar-refractivity contribution in [2.45, 2.75) is 18.7 Å². The van der Waals surface area contributed by atoms with Crippen molar-refractivity contribution in [2.24, 2.45) is 0 Å². The van der Waals surface area contributed by atoms with Crippen molar-refractivity contribution >= 4 is 23.2 Å². The number of carbonyl (C=O) groups is 2. The van der Waals surface area contributed by atoms with Crippen LogP contribution in [0.15, 0.2) is 67.1 Å². The maximum Gasteiger partial charge on any atom is 0.490 e. The molecule has 3 aromatic heterocycles. The number of rotatable bonds is 8. The molecular weight excluding hydrogens is 597 g/mol. The van der Waals surface area contributed by atoms with Crippen LogP contribution in [0, 0.1) is 11.3 Å². The highest BCUT2D eigenvalue weighted by atomic mass is 19.4. The van der Waals surface area contributed by atoms with E-state index >= 15 is 0 Å². The topological polar surface area (TPSA) is 165 Å². The molecule has 0 unspecified atom stereocenters. The molecule has 4 heterocycles. The summed E-state index contributed by atoms with van der Waals surface area (Å²) in [5.41, 5.74) is 3.28. The van der Waals surface area contributed by atoms with E-state index < -0.39 is 18.2 Å². The highest BCUT2D eigenvalue weighted by Crippen LogP contribution is 2.31. The smallest absolute Gasteiger partial charge is 0.490 e. The zero-order chi connectivity index (χ0) is 32.6. The number of carboxylic acid groups (broad SMARTS) is 1. The van der Waals surface area contributed by atoms with Gasteiger partial charge in [0, 0.05) is 56.5 Å². The van der Waals surface area contributed by atoms with E-state index in [0.717, 1.165) is 16.9 Å². The number of alkyl halides is 3. The van der Waals surface area contributed by atoms with Crippen molar-refractivity contribution in [3.8, 4) is 22.9 Å². The second kappa shape index (κ2) is 14.5. The van der Waals surface area contributed by atoms with Crippen LogP contribution in [-0.2, 0) is 9.59 Å². The average Bonchev–Trinajstić information content (AvgIpc) is 3.47. The Labute approximate surface area is 255 Å². The fourth-order valence-electron chi connectivity index (χ4n) is 4.57. The number of anilines is 1. The first kappa shape index (κ1) is 32.7. The van der Waals surface area contributed by atoms with Crippen molar-refractivity contribution < 1.29 is 42.8 Å². The van der Waals surface area contributed by atoms with Gasteiger partial charge < -0.3 is 29.9 Å². The van der Waals surface area contributed by atoms with Crippen LogP contribution in [0.4, 0.5) is 19.0 Å². The van der Waals surface area contributed by atoms with Crippen LogP contribution < -0.4 is 9.64 Å². The molecule has 1 aliphatic heterocycles. The van der Waals surface area contributed by atoms with Crippen molar-refractivity contribution in [1.29, 1.82) is 5.26 Å². The highest BCUT2D eigenvalue weighted by Gasteiger charge is 2.38. The fourth-order valence-corrected chi connectivity index (χ4v) is 4.57. The van der Waals surface area contributed by atoms with Crippen LogP contribution in [0.2, 0.25) is 0 Å². The van der Waals surface area contributed by atoms with E-state index in [2.05, 4.69) is 21.1 Å². The molecule has 3 N–H and O–H groups in total. The summed E-state index contributed by atoms with van der Waals surface area (Å²) in [5, 5.41) is 40.5. The molecule has 15 heteroatoms. The lowest BCUT2D eigenvalue weighted by atomic mass is 10.1. The zero-order valence-corrected chi connectivity index (χ0v) is 23.8. The van der Waals surface area contributed by atoms with Gasteiger partial charge >= 0.3 is 12.1 Å². The summed E-state index contributed by atoms with van der Waals surface area (Å²) >= 11 is 0. The number of nitrogens with zero attached hydrogens (tertiary/aromatic N) is 6. The second-order valence-corrected chi connectivity index (χ2v) is 9.81. The van der Waals surface area contributed by atoms with Gasteiger partial charge in [-0.15, -0.1) is 0 Å². The number of carboxylic acids is 1. The fraction of sp³-hybridized carbons (Fsp3) is 0.300. The van der Waals surface area contributed by atoms with Crippen molar-refractivity contribution in [2.75, 3.05) is 44.3 Å². The minimum absolute atomic E-state index is 0.0386. The molecule has 0 aliphatic carbocycles. The molecule has 4 aromatic rings. The number of nitriles is 1. The molecule has 1 amide bonds. The molecule has 1 aliphatic rings. The zero-order valence-electron chi connectivity index (χ0n) is 23.8. The number of hydrogen-bond donors (Lipinski definition) is 3. The molecule has 0 bridgehead atoms. The molecule has 1 atom stereocenters. The molecule has 1 aromatic carbocycles. The number of piperazine rings is 1. The number of carbonyl (C=O) groups excluding carboxylic acids is 1. The Morgan fingerprint density at radius 2 is 1.76 bits per heavy atom. The SMILES string of the molecule is N#Cc1cnn2cc(OCCCO)cc(-c3ccc(N4CCN(C(=O)[C@H](O)c5ccccc5)CC4)nc3)c12.O=C(O)C(F)(F)F. The van der Waals surface area contributed by atoms with Gasteiger partial charge in [0.1, 0.15) is 17.6 Å². The number of fused-ring (bicyclic) bond motifs is 1. The number of pyridine rings is 2. The number of aliphatic carboxylic acids is 1. The third-order valence-electron chi connectivity index (χ3n) is 6.84. The van der Waals surface area contributed by atoms with Gasteiger partial charge in [0.15, 0.2) is 6.10 Å². The van der Waals surface area contributed by atoms with Gasteiger partial charge in [-0.2, -0.15) is 23.5 Å². The Morgan fingerprint density at radius 3 is 2.33 bits per heavy atom. The Hall–Kier alpha value is -5.20. The van der Waals surface area contributed by atoms with E-state index in [1.54, 1.807) is 46.1 Å². The van der Waals surface area contributed by atoms with Gasteiger partial charge in [-0.3, -0.25) is 4.79 Å². The number of aliphatic hydroxyl groups is 2. The minimum Gasteiger partial charge on any atom is -0.492 e. The standard InChI is InChI=1S/C28H28N6O4.C2HF3O2/c29-16-22-18-31-34-19-23(38-14-4-13-35)15-24(26(22)34)21-7-8-25(30-17-21)32-9-11-33(12-10-32)28(37)27(36)20-5-2-1-3-6-20;3-2(4,5)1(6)7/h1-3,5-8,15,17-19,27,35-36H,4,9-14H2;(H,6,7)/t27-;/m1./s1. The molecule has 0 radical (unpaired) electrons. The summed E-state index contributed by atoms with van der Waals surface area (Å²) in [6, 6.07) is 16.9. The maximum absolute atomic E-state index is 12.8. The number of aliphatic hydroxyl groups excluding tert-OH is 2. The molecule has 45 heavy (non-hydrogen) atoms. The largest absolute Gasteiger partial charge is 0.492 e. The van der Waals surface area contributed by atoms with Gasteiger partial charge in [0.2, 0.25) is 0 Å². The first-order valence-electron chi connectivity index (χ1n) is 13.7. The number of halogens is 3. The van der Waals surface area contributed by atoms with E-state index in [1.807, 2.05) is 24.3 Å². The number of aromatic nitrogens is 3. The first-order valence-corrected chi connectivity index (χ1v) is 13.7. The van der Waals surface area contributed by atoms with Crippen LogP contribution in [0.25, 0.3) is 16.6 Å². The number of hydrogen-bond acceptors (Lipinski definition) is 9. The van der Waals surface area contributed by atoms with Gasteiger partial charge in [-0.05, 0) is 23.8 Å². The number of amides is 1. The molecule has 5 rings (SSSR count). The second-order valence-electron chi connectivity index (χ2n) is 9.81. The van der Waals surface area contributed by atoms with Gasteiger partial charge in [0.05, 0.1) is 30.1 Å². The van der Waals surface area contributed by atoms with Crippen LogP contribution >= 0.6 is 0 Å². The predicted octanol–water partition coefficient (Wildman–Crippen LogP) is 3.04. The first-order chi connectivity index (χ1) is 21.5. The molecule has 0 spiro atoms. The van der Waals surface area contributed by atoms with E-state index in [1.165, 1.54) is 6.20 Å². The van der Waals surface area contributed by atoms with Crippen LogP contribution in [0.5, 0.6) is 5.75 Å². The van der Waals surface area contributed by atoms with Gasteiger partial charge in [-0.25, -0.2) is 14.3 Å². The van der Waals surface area contributed by atoms with Gasteiger partial charge in [-0.1, -0.05) is 30.3 Å². The summed E-state index contributed by atoms with van der Waals surface area (Å²) in [6.45, 7) is 2.57. The van der Waals surface area contributed by atoms with Crippen LogP contribution in [0.3, 0.4) is 0 Å². The molecule has 0 saturated carbocycles. The Balaban J connectivity index is 0.000000591. The molecule has 12 nitrogen and oxygen atoms in total. The van der Waals surface area contributed by atoms with Crippen molar-refractivity contribution in [3.63, 3.8) is 0 Å². The highest BCUT2D eigenvalue weighted by molar-refractivity contribution is 5.85. The quantitative estimate of drug-likeness (QED) is 0.248. The summed E-state index contributed by atoms with van der Waals surface area (Å²) in [6.07, 6.45) is -0.743. The van der Waals surface area contributed by atoms with Crippen molar-refractivity contribution in [3.05, 3.63) is 78.2 Å². The number of benzene rings is 1. The van der Waals surface area contributed by atoms with Gasteiger partial charge in [0.25, 0.3) is 5.91 Å².